The zero-order chi connectivity index (χ0) is 12.2. The summed E-state index contributed by atoms with van der Waals surface area (Å²) in [6.45, 7) is 6.97. The van der Waals surface area contributed by atoms with Crippen molar-refractivity contribution in [3.05, 3.63) is 0 Å². The zero-order valence-electron chi connectivity index (χ0n) is 9.78. The molecule has 0 heterocycles. The Hall–Kier alpha value is -1.06. The first kappa shape index (κ1) is 13.9. The zero-order valence-corrected chi connectivity index (χ0v) is 9.78. The average Bonchev–Trinajstić information content (AvgIpc) is 2.11. The molecule has 0 fully saturated rings. The molecule has 0 aliphatic rings. The number of carboxylic acids is 2. The number of carbonyl (C=O) groups is 2. The highest BCUT2D eigenvalue weighted by molar-refractivity contribution is 5.98. The molecule has 0 unspecified atom stereocenters. The number of carboxylic acid groups (broad SMARTS) is 2. The first-order valence-electron chi connectivity index (χ1n) is 5.32. The Morgan fingerprint density at radius 2 is 1.40 bits per heavy atom. The molecule has 0 bridgehead atoms. The molecule has 15 heavy (non-hydrogen) atoms. The maximum atomic E-state index is 11.3. The van der Waals surface area contributed by atoms with Crippen molar-refractivity contribution in [2.75, 3.05) is 0 Å². The van der Waals surface area contributed by atoms with Crippen LogP contribution in [0.2, 0.25) is 0 Å². The molecule has 0 saturated heterocycles. The Balaban J connectivity index is 5.50. The lowest BCUT2D eigenvalue weighted by Crippen LogP contribution is -2.49. The van der Waals surface area contributed by atoms with E-state index in [9.17, 15) is 19.8 Å². The maximum absolute atomic E-state index is 11.3. The summed E-state index contributed by atoms with van der Waals surface area (Å²) in [6.07, 6.45) is 1.13. The summed E-state index contributed by atoms with van der Waals surface area (Å²) in [5, 5.41) is 18.4. The van der Waals surface area contributed by atoms with Gasteiger partial charge in [0.05, 0.1) is 0 Å². The monoisotopic (exact) mass is 216 g/mol. The van der Waals surface area contributed by atoms with Crippen LogP contribution in [-0.4, -0.2) is 22.2 Å². The van der Waals surface area contributed by atoms with Crippen molar-refractivity contribution >= 4 is 11.9 Å². The van der Waals surface area contributed by atoms with Gasteiger partial charge in [-0.05, 0) is 11.8 Å². The fourth-order valence-corrected chi connectivity index (χ4v) is 2.34. The molecule has 0 spiro atoms. The van der Waals surface area contributed by atoms with E-state index in [0.29, 0.717) is 12.8 Å². The smallest absolute Gasteiger partial charge is 0.321 e. The van der Waals surface area contributed by atoms with Crippen molar-refractivity contribution in [2.24, 2.45) is 17.3 Å². The molecule has 0 amide bonds. The first-order chi connectivity index (χ1) is 6.85. The van der Waals surface area contributed by atoms with Gasteiger partial charge < -0.3 is 10.2 Å². The van der Waals surface area contributed by atoms with E-state index in [1.165, 1.54) is 0 Å². The molecule has 0 radical (unpaired) electrons. The highest BCUT2D eigenvalue weighted by Gasteiger charge is 2.53. The third-order valence-electron chi connectivity index (χ3n) is 3.25. The Labute approximate surface area is 90.3 Å². The molecule has 0 saturated carbocycles. The van der Waals surface area contributed by atoms with Crippen LogP contribution in [0.3, 0.4) is 0 Å². The van der Waals surface area contributed by atoms with Crippen LogP contribution in [0.5, 0.6) is 0 Å². The van der Waals surface area contributed by atoms with E-state index >= 15 is 0 Å². The lowest BCUT2D eigenvalue weighted by atomic mass is 9.65. The molecule has 0 aliphatic carbocycles. The van der Waals surface area contributed by atoms with Gasteiger partial charge in [0, 0.05) is 0 Å². The summed E-state index contributed by atoms with van der Waals surface area (Å²) < 4.78 is 0. The number of aliphatic carboxylic acids is 2. The predicted molar refractivity (Wildman–Crippen MR) is 56.6 cm³/mol. The summed E-state index contributed by atoms with van der Waals surface area (Å²) in [6, 6.07) is 0. The van der Waals surface area contributed by atoms with Gasteiger partial charge in [0.25, 0.3) is 0 Å². The van der Waals surface area contributed by atoms with Gasteiger partial charge in [0.2, 0.25) is 0 Å². The molecule has 88 valence electrons. The highest BCUT2D eigenvalue weighted by atomic mass is 16.4. The van der Waals surface area contributed by atoms with E-state index in [-0.39, 0.29) is 5.92 Å². The van der Waals surface area contributed by atoms with Crippen LogP contribution in [0.1, 0.15) is 40.5 Å². The summed E-state index contributed by atoms with van der Waals surface area (Å²) in [7, 11) is 0. The van der Waals surface area contributed by atoms with Crippen molar-refractivity contribution in [3.8, 4) is 0 Å². The van der Waals surface area contributed by atoms with Gasteiger partial charge in [0.1, 0.15) is 0 Å². The van der Waals surface area contributed by atoms with E-state index in [2.05, 4.69) is 0 Å². The standard InChI is InChI=1S/C11H20O4/c1-5-8(6-2)11(7(3)4,9(12)13)10(14)15/h7-8H,5-6H2,1-4H3,(H,12,13)(H,14,15). The number of hydrogen-bond acceptors (Lipinski definition) is 2. The van der Waals surface area contributed by atoms with Crippen molar-refractivity contribution in [3.63, 3.8) is 0 Å². The summed E-state index contributed by atoms with van der Waals surface area (Å²) in [5.41, 5.74) is -1.65. The highest BCUT2D eigenvalue weighted by Crippen LogP contribution is 2.40. The van der Waals surface area contributed by atoms with Crippen LogP contribution in [-0.2, 0) is 9.59 Å². The van der Waals surface area contributed by atoms with Crippen LogP contribution < -0.4 is 0 Å². The molecule has 4 heteroatoms. The van der Waals surface area contributed by atoms with Gasteiger partial charge in [-0.25, -0.2) is 0 Å². The summed E-state index contributed by atoms with van der Waals surface area (Å²) in [5.74, 6) is -3.19. The molecule has 0 rings (SSSR count). The van der Waals surface area contributed by atoms with Crippen LogP contribution in [0.25, 0.3) is 0 Å². The minimum Gasteiger partial charge on any atom is -0.480 e. The van der Waals surface area contributed by atoms with Crippen molar-refractivity contribution in [1.29, 1.82) is 0 Å². The Morgan fingerprint density at radius 3 is 1.47 bits per heavy atom. The van der Waals surface area contributed by atoms with Crippen molar-refractivity contribution in [2.45, 2.75) is 40.5 Å². The number of rotatable bonds is 6. The van der Waals surface area contributed by atoms with Crippen molar-refractivity contribution < 1.29 is 19.8 Å². The molecule has 0 aromatic rings. The minimum atomic E-state index is -1.65. The van der Waals surface area contributed by atoms with Gasteiger partial charge in [-0.1, -0.05) is 40.5 Å². The fourth-order valence-electron chi connectivity index (χ4n) is 2.34. The third kappa shape index (κ3) is 2.13. The fraction of sp³-hybridized carbons (Fsp3) is 0.818. The molecule has 0 aliphatic heterocycles. The van der Waals surface area contributed by atoms with Crippen LogP contribution in [0, 0.1) is 17.3 Å². The maximum Gasteiger partial charge on any atom is 0.321 e. The van der Waals surface area contributed by atoms with Gasteiger partial charge >= 0.3 is 11.9 Å². The summed E-state index contributed by atoms with van der Waals surface area (Å²) in [4.78, 5) is 22.6. The van der Waals surface area contributed by atoms with E-state index in [4.69, 9.17) is 0 Å². The second kappa shape index (κ2) is 5.14. The van der Waals surface area contributed by atoms with Gasteiger partial charge in [0.15, 0.2) is 5.41 Å². The Bertz CT molecular complexity index is 227. The Kier molecular flexibility index (Phi) is 4.78. The van der Waals surface area contributed by atoms with Crippen LogP contribution >= 0.6 is 0 Å². The normalized spacial score (nSPS) is 12.1. The molecule has 0 aromatic carbocycles. The average molecular weight is 216 g/mol. The lowest BCUT2D eigenvalue weighted by molar-refractivity contribution is -0.174. The molecule has 2 N–H and O–H groups in total. The molecule has 4 nitrogen and oxygen atoms in total. The third-order valence-corrected chi connectivity index (χ3v) is 3.25. The van der Waals surface area contributed by atoms with Crippen molar-refractivity contribution in [1.82, 2.24) is 0 Å². The van der Waals surface area contributed by atoms with Gasteiger partial charge in [-0.3, -0.25) is 9.59 Å². The van der Waals surface area contributed by atoms with E-state index in [0.717, 1.165) is 0 Å². The quantitative estimate of drug-likeness (QED) is 0.668. The van der Waals surface area contributed by atoms with Crippen LogP contribution in [0.4, 0.5) is 0 Å². The van der Waals surface area contributed by atoms with E-state index in [1.54, 1.807) is 13.8 Å². The molecule has 0 atom stereocenters. The van der Waals surface area contributed by atoms with E-state index < -0.39 is 23.3 Å². The lowest BCUT2D eigenvalue weighted by Gasteiger charge is -2.35. The second-order valence-corrected chi connectivity index (χ2v) is 4.15. The Morgan fingerprint density at radius 1 is 1.07 bits per heavy atom. The van der Waals surface area contributed by atoms with E-state index in [1.807, 2.05) is 13.8 Å². The number of hydrogen-bond donors (Lipinski definition) is 2. The van der Waals surface area contributed by atoms with Gasteiger partial charge in [-0.2, -0.15) is 0 Å². The SMILES string of the molecule is CCC(CC)C(C(=O)O)(C(=O)O)C(C)C. The summed E-state index contributed by atoms with van der Waals surface area (Å²) >= 11 is 0. The largest absolute Gasteiger partial charge is 0.480 e. The predicted octanol–water partition coefficient (Wildman–Crippen LogP) is 2.23. The second-order valence-electron chi connectivity index (χ2n) is 4.15. The van der Waals surface area contributed by atoms with Crippen LogP contribution in [0.15, 0.2) is 0 Å². The minimum absolute atomic E-state index is 0.326. The topological polar surface area (TPSA) is 74.6 Å². The molecular weight excluding hydrogens is 196 g/mol. The first-order valence-corrected chi connectivity index (χ1v) is 5.32. The van der Waals surface area contributed by atoms with Gasteiger partial charge in [-0.15, -0.1) is 0 Å². The molecular formula is C11H20O4. The molecule has 0 aromatic heterocycles.